The molecular weight excluding hydrogens is 318 g/mol. The van der Waals surface area contributed by atoms with Gasteiger partial charge in [0, 0.05) is 22.6 Å². The molecular formula is C15H16BrN3O. The van der Waals surface area contributed by atoms with Gasteiger partial charge in [-0.1, -0.05) is 28.1 Å². The summed E-state index contributed by atoms with van der Waals surface area (Å²) in [6.45, 7) is 1.05. The standard InChI is InChI=1S/C15H16BrN3O/c16-13-4-1-5-14(9-13)19-15(20)11-18-8-6-12-3-2-7-17-10-12/h1-5,7,9-10,18H,6,8,11H2,(H,19,20). The Labute approximate surface area is 126 Å². The number of anilines is 1. The van der Waals surface area contributed by atoms with Crippen LogP contribution < -0.4 is 10.6 Å². The Morgan fingerprint density at radius 1 is 1.25 bits per heavy atom. The average Bonchev–Trinajstić information content (AvgIpc) is 2.45. The smallest absolute Gasteiger partial charge is 0.238 e. The second-order valence-corrected chi connectivity index (χ2v) is 5.26. The first-order valence-corrected chi connectivity index (χ1v) is 7.18. The third-order valence-electron chi connectivity index (χ3n) is 2.71. The molecule has 2 N–H and O–H groups in total. The number of halogens is 1. The fourth-order valence-corrected chi connectivity index (χ4v) is 2.15. The van der Waals surface area contributed by atoms with Gasteiger partial charge < -0.3 is 10.6 Å². The zero-order valence-electron chi connectivity index (χ0n) is 11.0. The van der Waals surface area contributed by atoms with Crippen molar-refractivity contribution < 1.29 is 4.79 Å². The minimum Gasteiger partial charge on any atom is -0.325 e. The molecule has 0 unspecified atom stereocenters. The van der Waals surface area contributed by atoms with Crippen molar-refractivity contribution >= 4 is 27.5 Å². The molecule has 0 radical (unpaired) electrons. The topological polar surface area (TPSA) is 54.0 Å². The fourth-order valence-electron chi connectivity index (χ4n) is 1.75. The number of amides is 1. The molecule has 0 saturated carbocycles. The van der Waals surface area contributed by atoms with Gasteiger partial charge in [-0.3, -0.25) is 9.78 Å². The van der Waals surface area contributed by atoms with Crippen molar-refractivity contribution in [1.29, 1.82) is 0 Å². The molecule has 1 amide bonds. The summed E-state index contributed by atoms with van der Waals surface area (Å²) < 4.78 is 0.944. The number of hydrogen-bond acceptors (Lipinski definition) is 3. The maximum atomic E-state index is 11.7. The zero-order chi connectivity index (χ0) is 14.2. The van der Waals surface area contributed by atoms with E-state index >= 15 is 0 Å². The molecule has 2 rings (SSSR count). The molecule has 0 fully saturated rings. The van der Waals surface area contributed by atoms with E-state index in [0.29, 0.717) is 6.54 Å². The van der Waals surface area contributed by atoms with Gasteiger partial charge in [-0.05, 0) is 42.8 Å². The maximum absolute atomic E-state index is 11.7. The lowest BCUT2D eigenvalue weighted by molar-refractivity contribution is -0.115. The second kappa shape index (κ2) is 7.77. The van der Waals surface area contributed by atoms with E-state index in [1.807, 2.05) is 42.6 Å². The summed E-state index contributed by atoms with van der Waals surface area (Å²) >= 11 is 3.37. The highest BCUT2D eigenvalue weighted by molar-refractivity contribution is 9.10. The van der Waals surface area contributed by atoms with Gasteiger partial charge in [-0.25, -0.2) is 0 Å². The molecule has 5 heteroatoms. The van der Waals surface area contributed by atoms with Gasteiger partial charge in [0.2, 0.25) is 5.91 Å². The molecule has 0 atom stereocenters. The van der Waals surface area contributed by atoms with E-state index in [1.54, 1.807) is 6.20 Å². The molecule has 1 aromatic carbocycles. The molecule has 104 valence electrons. The Balaban J connectivity index is 1.68. The second-order valence-electron chi connectivity index (χ2n) is 4.35. The predicted molar refractivity (Wildman–Crippen MR) is 83.6 cm³/mol. The summed E-state index contributed by atoms with van der Waals surface area (Å²) in [5, 5.41) is 5.95. The van der Waals surface area contributed by atoms with E-state index < -0.39 is 0 Å². The van der Waals surface area contributed by atoms with Crippen LogP contribution in [-0.2, 0) is 11.2 Å². The molecule has 0 spiro atoms. The number of hydrogen-bond donors (Lipinski definition) is 2. The minimum atomic E-state index is -0.0470. The van der Waals surface area contributed by atoms with Crippen LogP contribution in [0.1, 0.15) is 5.56 Å². The number of pyridine rings is 1. The molecule has 0 bridgehead atoms. The first kappa shape index (κ1) is 14.7. The van der Waals surface area contributed by atoms with Crippen molar-refractivity contribution in [3.8, 4) is 0 Å². The highest BCUT2D eigenvalue weighted by Crippen LogP contribution is 2.15. The molecule has 2 aromatic rings. The minimum absolute atomic E-state index is 0.0470. The molecule has 0 saturated heterocycles. The van der Waals surface area contributed by atoms with Crippen molar-refractivity contribution in [1.82, 2.24) is 10.3 Å². The molecule has 1 heterocycles. The number of carbonyl (C=O) groups is 1. The summed E-state index contributed by atoms with van der Waals surface area (Å²) in [7, 11) is 0. The highest BCUT2D eigenvalue weighted by atomic mass is 79.9. The lowest BCUT2D eigenvalue weighted by Gasteiger charge is -2.07. The van der Waals surface area contributed by atoms with E-state index in [4.69, 9.17) is 0 Å². The molecule has 0 aliphatic heterocycles. The van der Waals surface area contributed by atoms with Crippen LogP contribution in [0.5, 0.6) is 0 Å². The van der Waals surface area contributed by atoms with Gasteiger partial charge in [0.25, 0.3) is 0 Å². The van der Waals surface area contributed by atoms with E-state index in [2.05, 4.69) is 31.5 Å². The van der Waals surface area contributed by atoms with Crippen LogP contribution in [0, 0.1) is 0 Å². The summed E-state index contributed by atoms with van der Waals surface area (Å²) in [5.41, 5.74) is 1.95. The highest BCUT2D eigenvalue weighted by Gasteiger charge is 2.02. The van der Waals surface area contributed by atoms with Gasteiger partial charge in [0.1, 0.15) is 0 Å². The number of aromatic nitrogens is 1. The quantitative estimate of drug-likeness (QED) is 0.799. The Morgan fingerprint density at radius 2 is 2.15 bits per heavy atom. The SMILES string of the molecule is O=C(CNCCc1cccnc1)Nc1cccc(Br)c1. The van der Waals surface area contributed by atoms with Gasteiger partial charge in [0.15, 0.2) is 0 Å². The number of rotatable bonds is 6. The third-order valence-corrected chi connectivity index (χ3v) is 3.20. The van der Waals surface area contributed by atoms with Crippen LogP contribution in [0.2, 0.25) is 0 Å². The molecule has 20 heavy (non-hydrogen) atoms. The monoisotopic (exact) mass is 333 g/mol. The van der Waals surface area contributed by atoms with E-state index in [0.717, 1.165) is 28.7 Å². The van der Waals surface area contributed by atoms with Gasteiger partial charge in [0.05, 0.1) is 6.54 Å². The summed E-state index contributed by atoms with van der Waals surface area (Å²) in [6.07, 6.45) is 4.45. The van der Waals surface area contributed by atoms with Gasteiger partial charge >= 0.3 is 0 Å². The van der Waals surface area contributed by atoms with Crippen molar-refractivity contribution in [2.24, 2.45) is 0 Å². The lowest BCUT2D eigenvalue weighted by atomic mass is 10.2. The normalized spacial score (nSPS) is 10.2. The molecule has 0 aliphatic carbocycles. The van der Waals surface area contributed by atoms with Crippen LogP contribution in [0.15, 0.2) is 53.3 Å². The van der Waals surface area contributed by atoms with Crippen LogP contribution in [0.3, 0.4) is 0 Å². The van der Waals surface area contributed by atoms with Crippen LogP contribution in [-0.4, -0.2) is 24.0 Å². The molecule has 0 aliphatic rings. The summed E-state index contributed by atoms with van der Waals surface area (Å²) in [6, 6.07) is 11.5. The zero-order valence-corrected chi connectivity index (χ0v) is 12.6. The van der Waals surface area contributed by atoms with Gasteiger partial charge in [-0.2, -0.15) is 0 Å². The van der Waals surface area contributed by atoms with Crippen LogP contribution in [0.25, 0.3) is 0 Å². The largest absolute Gasteiger partial charge is 0.325 e. The number of carbonyl (C=O) groups excluding carboxylic acids is 1. The van der Waals surface area contributed by atoms with Crippen LogP contribution in [0.4, 0.5) is 5.69 Å². The summed E-state index contributed by atoms with van der Waals surface area (Å²) in [5.74, 6) is -0.0470. The Morgan fingerprint density at radius 3 is 2.90 bits per heavy atom. The van der Waals surface area contributed by atoms with E-state index in [-0.39, 0.29) is 5.91 Å². The predicted octanol–water partition coefficient (Wildman–Crippen LogP) is 2.61. The van der Waals surface area contributed by atoms with Gasteiger partial charge in [-0.15, -0.1) is 0 Å². The van der Waals surface area contributed by atoms with E-state index in [1.165, 1.54) is 0 Å². The van der Waals surface area contributed by atoms with Crippen LogP contribution >= 0.6 is 15.9 Å². The van der Waals surface area contributed by atoms with Crippen molar-refractivity contribution in [3.63, 3.8) is 0 Å². The van der Waals surface area contributed by atoms with Crippen molar-refractivity contribution in [3.05, 3.63) is 58.8 Å². The number of nitrogens with one attached hydrogen (secondary N) is 2. The number of benzene rings is 1. The molecule has 4 nitrogen and oxygen atoms in total. The maximum Gasteiger partial charge on any atom is 0.238 e. The first-order chi connectivity index (χ1) is 9.74. The van der Waals surface area contributed by atoms with Crippen molar-refractivity contribution in [2.45, 2.75) is 6.42 Å². The summed E-state index contributed by atoms with van der Waals surface area (Å²) in [4.78, 5) is 15.8. The first-order valence-electron chi connectivity index (χ1n) is 6.39. The van der Waals surface area contributed by atoms with E-state index in [9.17, 15) is 4.79 Å². The lowest BCUT2D eigenvalue weighted by Crippen LogP contribution is -2.29. The van der Waals surface area contributed by atoms with Crippen molar-refractivity contribution in [2.75, 3.05) is 18.4 Å². The Bertz CT molecular complexity index is 560. The fraction of sp³-hybridized carbons (Fsp3) is 0.200. The Hall–Kier alpha value is -1.72. The molecule has 1 aromatic heterocycles. The third kappa shape index (κ3) is 5.11. The Kier molecular flexibility index (Phi) is 5.70. The number of nitrogens with zero attached hydrogens (tertiary/aromatic N) is 1. The average molecular weight is 334 g/mol.